The third kappa shape index (κ3) is 6.49. The Labute approximate surface area is 195 Å². The number of carbonyl (C=O) groups is 3. The van der Waals surface area contributed by atoms with Crippen LogP contribution in [0.2, 0.25) is 0 Å². The molecule has 0 bridgehead atoms. The van der Waals surface area contributed by atoms with Crippen LogP contribution in [0.15, 0.2) is 72.8 Å². The number of anilines is 1. The number of benzene rings is 3. The molecule has 174 valence electrons. The van der Waals surface area contributed by atoms with Gasteiger partial charge in [-0.3, -0.25) is 24.5 Å². The summed E-state index contributed by atoms with van der Waals surface area (Å²) >= 11 is 0. The normalized spacial score (nSPS) is 10.3. The first-order chi connectivity index (χ1) is 16.4. The lowest BCUT2D eigenvalue weighted by Gasteiger charge is -2.08. The fourth-order valence-corrected chi connectivity index (χ4v) is 3.07. The van der Waals surface area contributed by atoms with Crippen molar-refractivity contribution in [3.8, 4) is 5.75 Å². The molecule has 0 heterocycles. The first-order valence-corrected chi connectivity index (χ1v) is 10.3. The summed E-state index contributed by atoms with van der Waals surface area (Å²) in [5, 5.41) is 13.6. The molecule has 3 rings (SSSR count). The number of hydrogen-bond acceptors (Lipinski definition) is 7. The van der Waals surface area contributed by atoms with Gasteiger partial charge in [-0.05, 0) is 17.7 Å². The number of esters is 1. The van der Waals surface area contributed by atoms with E-state index in [2.05, 4.69) is 5.32 Å². The van der Waals surface area contributed by atoms with Gasteiger partial charge in [0.05, 0.1) is 24.5 Å². The number of ether oxygens (including phenoxy) is 2. The average Bonchev–Trinajstić information content (AvgIpc) is 2.86. The van der Waals surface area contributed by atoms with Gasteiger partial charge in [0.15, 0.2) is 5.78 Å². The van der Waals surface area contributed by atoms with Gasteiger partial charge in [0.1, 0.15) is 18.0 Å². The lowest BCUT2D eigenvalue weighted by atomic mass is 10.0. The molecule has 1 amide bonds. The third-order valence-electron chi connectivity index (χ3n) is 4.88. The van der Waals surface area contributed by atoms with Crippen LogP contribution in [0.3, 0.4) is 0 Å². The molecule has 0 radical (unpaired) electrons. The number of hydrogen-bond donors (Lipinski definition) is 1. The van der Waals surface area contributed by atoms with Crippen LogP contribution in [0.25, 0.3) is 0 Å². The van der Waals surface area contributed by atoms with Crippen molar-refractivity contribution in [2.45, 2.75) is 19.4 Å². The largest absolute Gasteiger partial charge is 0.496 e. The van der Waals surface area contributed by atoms with Crippen molar-refractivity contribution >= 4 is 29.0 Å². The quantitative estimate of drug-likeness (QED) is 0.206. The molecule has 34 heavy (non-hydrogen) atoms. The molecular formula is C25H22N2O7. The van der Waals surface area contributed by atoms with Crippen molar-refractivity contribution in [1.82, 2.24) is 0 Å². The van der Waals surface area contributed by atoms with Crippen molar-refractivity contribution in [1.29, 1.82) is 0 Å². The number of ketones is 1. The second kappa shape index (κ2) is 11.4. The van der Waals surface area contributed by atoms with Crippen LogP contribution >= 0.6 is 0 Å². The fourth-order valence-electron chi connectivity index (χ4n) is 3.07. The maximum Gasteiger partial charge on any atom is 0.306 e. The third-order valence-corrected chi connectivity index (χ3v) is 4.88. The van der Waals surface area contributed by atoms with Gasteiger partial charge in [-0.15, -0.1) is 0 Å². The predicted molar refractivity (Wildman–Crippen MR) is 124 cm³/mol. The summed E-state index contributed by atoms with van der Waals surface area (Å²) in [6.07, 6.45) is -0.396. The average molecular weight is 462 g/mol. The monoisotopic (exact) mass is 462 g/mol. The zero-order valence-corrected chi connectivity index (χ0v) is 18.4. The fraction of sp³-hybridized carbons (Fsp3) is 0.160. The van der Waals surface area contributed by atoms with Gasteiger partial charge < -0.3 is 14.8 Å². The van der Waals surface area contributed by atoms with Gasteiger partial charge in [0.2, 0.25) is 5.91 Å². The van der Waals surface area contributed by atoms with Crippen molar-refractivity contribution in [3.63, 3.8) is 0 Å². The standard InChI is InChI=1S/C25H22N2O7/c1-33-20-11-12-21(22(15-20)27(31)32)26-23(28)13-14-24(29)34-16-17-7-9-19(10-8-17)25(30)18-5-3-2-4-6-18/h2-12,15H,13-14,16H2,1H3,(H,26,28). The van der Waals surface area contributed by atoms with E-state index in [4.69, 9.17) is 9.47 Å². The number of nitro benzene ring substituents is 1. The molecule has 0 aliphatic rings. The van der Waals surface area contributed by atoms with Crippen LogP contribution in [0.4, 0.5) is 11.4 Å². The number of methoxy groups -OCH3 is 1. The van der Waals surface area contributed by atoms with Crippen molar-refractivity contribution in [2.75, 3.05) is 12.4 Å². The maximum absolute atomic E-state index is 12.4. The summed E-state index contributed by atoms with van der Waals surface area (Å²) in [7, 11) is 1.38. The van der Waals surface area contributed by atoms with E-state index < -0.39 is 16.8 Å². The van der Waals surface area contributed by atoms with E-state index in [0.717, 1.165) is 0 Å². The Balaban J connectivity index is 1.47. The number of rotatable bonds is 10. The highest BCUT2D eigenvalue weighted by atomic mass is 16.6. The zero-order valence-electron chi connectivity index (χ0n) is 18.4. The van der Waals surface area contributed by atoms with Crippen molar-refractivity contribution in [2.24, 2.45) is 0 Å². The molecule has 3 aromatic carbocycles. The zero-order chi connectivity index (χ0) is 24.5. The van der Waals surface area contributed by atoms with E-state index in [9.17, 15) is 24.5 Å². The molecule has 0 saturated carbocycles. The van der Waals surface area contributed by atoms with Crippen molar-refractivity contribution in [3.05, 3.63) is 99.6 Å². The SMILES string of the molecule is COc1ccc(NC(=O)CCC(=O)OCc2ccc(C(=O)c3ccccc3)cc2)c([N+](=O)[O-])c1. The second-order valence-electron chi connectivity index (χ2n) is 7.24. The first-order valence-electron chi connectivity index (χ1n) is 10.3. The van der Waals surface area contributed by atoms with Crippen LogP contribution < -0.4 is 10.1 Å². The predicted octanol–water partition coefficient (Wildman–Crippen LogP) is 4.30. The number of carbonyl (C=O) groups excluding carboxylic acids is 3. The molecule has 9 nitrogen and oxygen atoms in total. The summed E-state index contributed by atoms with van der Waals surface area (Å²) in [5.41, 5.74) is 1.49. The van der Waals surface area contributed by atoms with E-state index in [1.807, 2.05) is 6.07 Å². The van der Waals surface area contributed by atoms with Gasteiger partial charge in [-0.25, -0.2) is 0 Å². The summed E-state index contributed by atoms with van der Waals surface area (Å²) in [6, 6.07) is 19.6. The topological polar surface area (TPSA) is 125 Å². The molecule has 0 aliphatic heterocycles. The Kier molecular flexibility index (Phi) is 8.07. The Morgan fingerprint density at radius 2 is 1.59 bits per heavy atom. The molecular weight excluding hydrogens is 440 g/mol. The van der Waals surface area contributed by atoms with E-state index in [1.54, 1.807) is 48.5 Å². The molecule has 1 N–H and O–H groups in total. The molecule has 3 aromatic rings. The van der Waals surface area contributed by atoms with Crippen LogP contribution in [0.1, 0.15) is 34.3 Å². The van der Waals surface area contributed by atoms with Crippen LogP contribution in [-0.2, 0) is 20.9 Å². The van der Waals surface area contributed by atoms with Crippen LogP contribution in [0, 0.1) is 10.1 Å². The summed E-state index contributed by atoms with van der Waals surface area (Å²) in [6.45, 7) is -0.00971. The minimum Gasteiger partial charge on any atom is -0.496 e. The molecule has 0 unspecified atom stereocenters. The number of nitro groups is 1. The molecule has 0 aliphatic carbocycles. The van der Waals surface area contributed by atoms with E-state index in [1.165, 1.54) is 25.3 Å². The van der Waals surface area contributed by atoms with Gasteiger partial charge in [0, 0.05) is 17.5 Å². The summed E-state index contributed by atoms with van der Waals surface area (Å²) < 4.78 is 10.1. The summed E-state index contributed by atoms with van der Waals surface area (Å²) in [5.74, 6) is -0.976. The van der Waals surface area contributed by atoms with Crippen molar-refractivity contribution < 1.29 is 28.8 Å². The molecule has 0 spiro atoms. The summed E-state index contributed by atoms with van der Waals surface area (Å²) in [4.78, 5) is 47.1. The Morgan fingerprint density at radius 3 is 2.24 bits per heavy atom. The van der Waals surface area contributed by atoms with E-state index in [-0.39, 0.29) is 42.4 Å². The lowest BCUT2D eigenvalue weighted by molar-refractivity contribution is -0.384. The smallest absolute Gasteiger partial charge is 0.306 e. The molecule has 0 saturated heterocycles. The minimum absolute atomic E-state index is 0.00862. The molecule has 0 aromatic heterocycles. The van der Waals surface area contributed by atoms with Gasteiger partial charge in [-0.2, -0.15) is 0 Å². The van der Waals surface area contributed by atoms with Gasteiger partial charge in [-0.1, -0.05) is 54.6 Å². The van der Waals surface area contributed by atoms with E-state index in [0.29, 0.717) is 16.7 Å². The highest BCUT2D eigenvalue weighted by Gasteiger charge is 2.18. The molecule has 0 atom stereocenters. The lowest BCUT2D eigenvalue weighted by Crippen LogP contribution is -2.15. The Bertz CT molecular complexity index is 1190. The molecule has 0 fully saturated rings. The maximum atomic E-state index is 12.4. The number of nitrogens with one attached hydrogen (secondary N) is 1. The van der Waals surface area contributed by atoms with Gasteiger partial charge >= 0.3 is 5.97 Å². The van der Waals surface area contributed by atoms with E-state index >= 15 is 0 Å². The van der Waals surface area contributed by atoms with Crippen LogP contribution in [-0.4, -0.2) is 29.7 Å². The first kappa shape index (κ1) is 24.1. The Morgan fingerprint density at radius 1 is 0.912 bits per heavy atom. The number of amides is 1. The van der Waals surface area contributed by atoms with Crippen LogP contribution in [0.5, 0.6) is 5.75 Å². The van der Waals surface area contributed by atoms with Gasteiger partial charge in [0.25, 0.3) is 5.69 Å². The Hall–Kier alpha value is -4.53. The highest BCUT2D eigenvalue weighted by molar-refractivity contribution is 6.08. The minimum atomic E-state index is -0.634. The molecule has 9 heteroatoms. The number of nitrogens with zero attached hydrogens (tertiary/aromatic N) is 1. The second-order valence-corrected chi connectivity index (χ2v) is 7.24. The highest BCUT2D eigenvalue weighted by Crippen LogP contribution is 2.29.